The number of benzene rings is 1. The summed E-state index contributed by atoms with van der Waals surface area (Å²) in [6, 6.07) is 5.68. The molecule has 0 saturated carbocycles. The van der Waals surface area contributed by atoms with Gasteiger partial charge < -0.3 is 10.1 Å². The maximum absolute atomic E-state index is 12.9. The summed E-state index contributed by atoms with van der Waals surface area (Å²) in [5, 5.41) is 3.40. The zero-order valence-corrected chi connectivity index (χ0v) is 17.9. The second-order valence-corrected chi connectivity index (χ2v) is 9.34. The van der Waals surface area contributed by atoms with Gasteiger partial charge in [0.15, 0.2) is 5.16 Å². The third-order valence-corrected chi connectivity index (χ3v) is 7.23. The third-order valence-electron chi connectivity index (χ3n) is 4.90. The van der Waals surface area contributed by atoms with E-state index in [1.807, 2.05) is 0 Å². The van der Waals surface area contributed by atoms with Crippen LogP contribution in [0.25, 0.3) is 10.2 Å². The van der Waals surface area contributed by atoms with Crippen molar-refractivity contribution in [1.29, 1.82) is 0 Å². The topological polar surface area (TPSA) is 73.2 Å². The Bertz CT molecular complexity index is 1160. The van der Waals surface area contributed by atoms with Crippen molar-refractivity contribution in [3.8, 4) is 5.75 Å². The summed E-state index contributed by atoms with van der Waals surface area (Å²) in [5.74, 6) is -0.272. The molecule has 1 aliphatic carbocycles. The van der Waals surface area contributed by atoms with E-state index in [4.69, 9.17) is 0 Å². The van der Waals surface area contributed by atoms with Crippen LogP contribution in [-0.4, -0.2) is 27.3 Å². The average Bonchev–Trinajstić information content (AvgIpc) is 3.27. The molecule has 0 spiro atoms. The minimum atomic E-state index is -2.90. The number of rotatable bonds is 6. The lowest BCUT2D eigenvalue weighted by atomic mass is 10.2. The van der Waals surface area contributed by atoms with Gasteiger partial charge in [0, 0.05) is 17.6 Å². The minimum absolute atomic E-state index is 0.0146. The molecule has 0 radical (unpaired) electrons. The van der Waals surface area contributed by atoms with Crippen molar-refractivity contribution < 1.29 is 18.3 Å². The van der Waals surface area contributed by atoms with Crippen LogP contribution in [0.15, 0.2) is 34.2 Å². The van der Waals surface area contributed by atoms with Crippen LogP contribution in [0, 0.1) is 0 Å². The van der Waals surface area contributed by atoms with Crippen LogP contribution in [0.1, 0.15) is 23.8 Å². The number of thioether (sulfide) groups is 1. The number of halogens is 2. The highest BCUT2D eigenvalue weighted by Crippen LogP contribution is 2.35. The number of hydrogen-bond donors (Lipinski definition) is 1. The molecule has 0 aliphatic heterocycles. The first-order chi connectivity index (χ1) is 14.3. The Morgan fingerprint density at radius 2 is 2.03 bits per heavy atom. The number of nitrogens with one attached hydrogen (secondary N) is 1. The molecular weight excluding hydrogens is 432 g/mol. The molecule has 1 aromatic carbocycles. The molecule has 1 N–H and O–H groups in total. The number of hydrogen-bond acceptors (Lipinski definition) is 6. The number of aryl methyl sites for hydroxylation is 2. The predicted octanol–water partition coefficient (Wildman–Crippen LogP) is 4.20. The van der Waals surface area contributed by atoms with Gasteiger partial charge in [0.2, 0.25) is 5.91 Å². The molecule has 2 heterocycles. The molecule has 0 bridgehead atoms. The molecule has 0 saturated heterocycles. The Kier molecular flexibility index (Phi) is 5.79. The van der Waals surface area contributed by atoms with Gasteiger partial charge in [-0.1, -0.05) is 11.8 Å². The molecule has 4 rings (SSSR count). The zero-order chi connectivity index (χ0) is 21.4. The fourth-order valence-electron chi connectivity index (χ4n) is 3.39. The third kappa shape index (κ3) is 4.06. The number of nitrogens with zero attached hydrogens (tertiary/aromatic N) is 2. The number of carbonyl (C=O) groups is 1. The lowest BCUT2D eigenvalue weighted by Crippen LogP contribution is -2.25. The van der Waals surface area contributed by atoms with Crippen molar-refractivity contribution in [2.24, 2.45) is 7.05 Å². The maximum Gasteiger partial charge on any atom is 0.387 e. The fourth-order valence-corrected chi connectivity index (χ4v) is 5.56. The van der Waals surface area contributed by atoms with Crippen LogP contribution < -0.4 is 15.6 Å². The number of fused-ring (bicyclic) bond motifs is 3. The molecule has 1 unspecified atom stereocenters. The van der Waals surface area contributed by atoms with Crippen molar-refractivity contribution in [2.45, 2.75) is 43.2 Å². The quantitative estimate of drug-likeness (QED) is 0.449. The molecule has 2 aromatic heterocycles. The molecule has 158 valence electrons. The van der Waals surface area contributed by atoms with Gasteiger partial charge in [-0.15, -0.1) is 11.3 Å². The minimum Gasteiger partial charge on any atom is -0.435 e. The van der Waals surface area contributed by atoms with Crippen LogP contribution in [0.2, 0.25) is 0 Å². The second kappa shape index (κ2) is 8.35. The Morgan fingerprint density at radius 1 is 1.30 bits per heavy atom. The van der Waals surface area contributed by atoms with Crippen LogP contribution in [0.5, 0.6) is 5.75 Å². The number of thiophene rings is 1. The number of alkyl halides is 2. The molecule has 6 nitrogen and oxygen atoms in total. The van der Waals surface area contributed by atoms with Crippen molar-refractivity contribution in [1.82, 2.24) is 9.55 Å². The zero-order valence-electron chi connectivity index (χ0n) is 16.3. The first-order valence-electron chi connectivity index (χ1n) is 9.37. The van der Waals surface area contributed by atoms with Gasteiger partial charge in [-0.25, -0.2) is 4.98 Å². The van der Waals surface area contributed by atoms with E-state index in [-0.39, 0.29) is 17.2 Å². The highest BCUT2D eigenvalue weighted by Gasteiger charge is 2.24. The monoisotopic (exact) mass is 451 g/mol. The van der Waals surface area contributed by atoms with E-state index in [0.29, 0.717) is 16.2 Å². The van der Waals surface area contributed by atoms with E-state index in [1.165, 1.54) is 45.5 Å². The van der Waals surface area contributed by atoms with Crippen LogP contribution >= 0.6 is 23.1 Å². The number of anilines is 1. The van der Waals surface area contributed by atoms with E-state index in [0.717, 1.165) is 29.7 Å². The number of amides is 1. The van der Waals surface area contributed by atoms with Gasteiger partial charge >= 0.3 is 6.61 Å². The normalized spacial score (nSPS) is 14.2. The molecule has 30 heavy (non-hydrogen) atoms. The smallest absolute Gasteiger partial charge is 0.387 e. The van der Waals surface area contributed by atoms with E-state index in [1.54, 1.807) is 25.3 Å². The van der Waals surface area contributed by atoms with E-state index in [2.05, 4.69) is 15.0 Å². The Balaban J connectivity index is 1.48. The van der Waals surface area contributed by atoms with E-state index in [9.17, 15) is 18.4 Å². The van der Waals surface area contributed by atoms with E-state index >= 15 is 0 Å². The standard InChI is InChI=1S/C20H19F2N3O3S2/c1-10(16(26)23-11-6-8-12(9-7-11)28-19(21)22)29-20-24-17-15(18(27)25(20)2)13-4-3-5-14(13)30-17/h6-10,19H,3-5H2,1-2H3,(H,23,26). The maximum atomic E-state index is 12.9. The van der Waals surface area contributed by atoms with Crippen molar-refractivity contribution in [3.63, 3.8) is 0 Å². The average molecular weight is 452 g/mol. The second-order valence-electron chi connectivity index (χ2n) is 6.95. The first kappa shape index (κ1) is 20.8. The molecule has 1 amide bonds. The summed E-state index contributed by atoms with van der Waals surface area (Å²) in [6.07, 6.45) is 2.98. The largest absolute Gasteiger partial charge is 0.435 e. The first-order valence-corrected chi connectivity index (χ1v) is 11.1. The van der Waals surface area contributed by atoms with E-state index < -0.39 is 11.9 Å². The highest BCUT2D eigenvalue weighted by atomic mass is 32.2. The molecular formula is C20H19F2N3O3S2. The summed E-state index contributed by atoms with van der Waals surface area (Å²) in [7, 11) is 1.67. The van der Waals surface area contributed by atoms with Gasteiger partial charge in [0.25, 0.3) is 5.56 Å². The van der Waals surface area contributed by atoms with Gasteiger partial charge in [-0.2, -0.15) is 8.78 Å². The summed E-state index contributed by atoms with van der Waals surface area (Å²) in [4.78, 5) is 32.0. The molecule has 3 aromatic rings. The Morgan fingerprint density at radius 3 is 2.73 bits per heavy atom. The summed E-state index contributed by atoms with van der Waals surface area (Å²) in [6.45, 7) is -1.18. The lowest BCUT2D eigenvalue weighted by molar-refractivity contribution is -0.115. The number of ether oxygens (including phenoxy) is 1. The van der Waals surface area contributed by atoms with Gasteiger partial charge in [0.1, 0.15) is 10.6 Å². The summed E-state index contributed by atoms with van der Waals surface area (Å²) >= 11 is 2.76. The SMILES string of the molecule is CC(Sc1nc2sc3c(c2c(=O)n1C)CCC3)C(=O)Nc1ccc(OC(F)F)cc1. The summed E-state index contributed by atoms with van der Waals surface area (Å²) < 4.78 is 30.2. The molecule has 1 atom stereocenters. The van der Waals surface area contributed by atoms with Crippen LogP contribution in [0.3, 0.4) is 0 Å². The molecule has 0 fully saturated rings. The fraction of sp³-hybridized carbons (Fsp3) is 0.350. The highest BCUT2D eigenvalue weighted by molar-refractivity contribution is 8.00. The molecule has 10 heteroatoms. The van der Waals surface area contributed by atoms with Crippen molar-refractivity contribution in [2.75, 3.05) is 5.32 Å². The predicted molar refractivity (Wildman–Crippen MR) is 114 cm³/mol. The number of aromatic nitrogens is 2. The van der Waals surface area contributed by atoms with Crippen molar-refractivity contribution in [3.05, 3.63) is 45.1 Å². The Labute approximate surface area is 179 Å². The van der Waals surface area contributed by atoms with Gasteiger partial charge in [-0.3, -0.25) is 14.2 Å². The van der Waals surface area contributed by atoms with Gasteiger partial charge in [-0.05, 0) is 56.0 Å². The lowest BCUT2D eigenvalue weighted by Gasteiger charge is -2.14. The van der Waals surface area contributed by atoms with Crippen LogP contribution in [0.4, 0.5) is 14.5 Å². The van der Waals surface area contributed by atoms with Crippen LogP contribution in [-0.2, 0) is 24.7 Å². The summed E-state index contributed by atoms with van der Waals surface area (Å²) in [5.41, 5.74) is 1.51. The Hall–Kier alpha value is -2.46. The molecule has 1 aliphatic rings. The van der Waals surface area contributed by atoms with Gasteiger partial charge in [0.05, 0.1) is 10.6 Å². The number of carbonyl (C=O) groups excluding carboxylic acids is 1. The van der Waals surface area contributed by atoms with Crippen molar-refractivity contribution >= 4 is 44.9 Å².